The van der Waals surface area contributed by atoms with Crippen molar-refractivity contribution in [3.63, 3.8) is 0 Å². The van der Waals surface area contributed by atoms with Crippen LogP contribution in [0.25, 0.3) is 0 Å². The molecule has 3 heterocycles. The number of amides is 1. The molecule has 0 spiro atoms. The Morgan fingerprint density at radius 3 is 3.14 bits per heavy atom. The second-order valence-corrected chi connectivity index (χ2v) is 6.49. The molecule has 5 heteroatoms. The lowest BCUT2D eigenvalue weighted by Crippen LogP contribution is -2.40. The summed E-state index contributed by atoms with van der Waals surface area (Å²) in [5.41, 5.74) is 3.90. The first-order valence-corrected chi connectivity index (χ1v) is 8.20. The van der Waals surface area contributed by atoms with Crippen LogP contribution >= 0.6 is 11.3 Å². The van der Waals surface area contributed by atoms with E-state index >= 15 is 0 Å². The minimum Gasteiger partial charge on any atom is -0.338 e. The van der Waals surface area contributed by atoms with Crippen molar-refractivity contribution in [1.29, 1.82) is 0 Å². The van der Waals surface area contributed by atoms with Crippen LogP contribution in [0.2, 0.25) is 0 Å². The maximum absolute atomic E-state index is 12.4. The SMILES string of the molecule is Cc1cccc(C[C@@H]2CCCN(C(=O)c3cncs3)C2)n1. The topological polar surface area (TPSA) is 46.1 Å². The number of pyridine rings is 1. The highest BCUT2D eigenvalue weighted by atomic mass is 32.1. The number of nitrogens with zero attached hydrogens (tertiary/aromatic N) is 3. The monoisotopic (exact) mass is 301 g/mol. The van der Waals surface area contributed by atoms with Crippen molar-refractivity contribution in [2.24, 2.45) is 5.92 Å². The van der Waals surface area contributed by atoms with Crippen molar-refractivity contribution >= 4 is 17.2 Å². The van der Waals surface area contributed by atoms with Gasteiger partial charge in [-0.2, -0.15) is 0 Å². The molecule has 0 aliphatic carbocycles. The number of piperidine rings is 1. The fourth-order valence-corrected chi connectivity index (χ4v) is 3.49. The van der Waals surface area contributed by atoms with E-state index in [0.29, 0.717) is 5.92 Å². The lowest BCUT2D eigenvalue weighted by Gasteiger charge is -2.32. The molecule has 110 valence electrons. The van der Waals surface area contributed by atoms with Gasteiger partial charge in [0.05, 0.1) is 11.7 Å². The molecule has 0 N–H and O–H groups in total. The summed E-state index contributed by atoms with van der Waals surface area (Å²) in [5, 5.41) is 0. The molecule has 1 saturated heterocycles. The molecule has 1 aliphatic heterocycles. The van der Waals surface area contributed by atoms with Crippen LogP contribution in [0.5, 0.6) is 0 Å². The third-order valence-electron chi connectivity index (χ3n) is 3.89. The van der Waals surface area contributed by atoms with Gasteiger partial charge in [0, 0.05) is 24.5 Å². The Morgan fingerprint density at radius 1 is 1.48 bits per heavy atom. The number of hydrogen-bond acceptors (Lipinski definition) is 4. The van der Waals surface area contributed by atoms with Crippen LogP contribution < -0.4 is 0 Å². The van der Waals surface area contributed by atoms with E-state index in [9.17, 15) is 4.79 Å². The van der Waals surface area contributed by atoms with Crippen molar-refractivity contribution in [2.45, 2.75) is 26.2 Å². The van der Waals surface area contributed by atoms with Crippen molar-refractivity contribution < 1.29 is 4.79 Å². The molecule has 1 amide bonds. The van der Waals surface area contributed by atoms with Crippen LogP contribution in [0.15, 0.2) is 29.9 Å². The molecule has 4 nitrogen and oxygen atoms in total. The highest BCUT2D eigenvalue weighted by molar-refractivity contribution is 7.11. The standard InChI is InChI=1S/C16H19N3OS/c1-12-4-2-6-14(18-12)8-13-5-3-7-19(10-13)16(20)15-9-17-11-21-15/h2,4,6,9,11,13H,3,5,7-8,10H2,1H3/t13-/m0/s1. The lowest BCUT2D eigenvalue weighted by atomic mass is 9.93. The molecule has 21 heavy (non-hydrogen) atoms. The zero-order valence-corrected chi connectivity index (χ0v) is 13.0. The Kier molecular flexibility index (Phi) is 4.29. The molecule has 0 bridgehead atoms. The fourth-order valence-electron chi connectivity index (χ4n) is 2.90. The van der Waals surface area contributed by atoms with Crippen LogP contribution in [0.3, 0.4) is 0 Å². The molecule has 0 saturated carbocycles. The molecule has 3 rings (SSSR count). The van der Waals surface area contributed by atoms with Crippen LogP contribution in [-0.2, 0) is 6.42 Å². The van der Waals surface area contributed by atoms with E-state index in [1.807, 2.05) is 17.9 Å². The van der Waals surface area contributed by atoms with Crippen LogP contribution in [0, 0.1) is 12.8 Å². The minimum absolute atomic E-state index is 0.124. The second-order valence-electron chi connectivity index (χ2n) is 5.60. The zero-order chi connectivity index (χ0) is 14.7. The zero-order valence-electron chi connectivity index (χ0n) is 12.2. The normalized spacial score (nSPS) is 18.7. The summed E-state index contributed by atoms with van der Waals surface area (Å²) >= 11 is 1.42. The van der Waals surface area contributed by atoms with Crippen LogP contribution in [0.4, 0.5) is 0 Å². The van der Waals surface area contributed by atoms with Gasteiger partial charge < -0.3 is 4.90 Å². The minimum atomic E-state index is 0.124. The van der Waals surface area contributed by atoms with Gasteiger partial charge in [-0.3, -0.25) is 14.8 Å². The Balaban J connectivity index is 1.64. The maximum Gasteiger partial charge on any atom is 0.265 e. The Morgan fingerprint density at radius 2 is 2.38 bits per heavy atom. The fraction of sp³-hybridized carbons (Fsp3) is 0.438. The molecule has 0 radical (unpaired) electrons. The Bertz CT molecular complexity index is 612. The molecule has 1 aliphatic rings. The number of hydrogen-bond donors (Lipinski definition) is 0. The highest BCUT2D eigenvalue weighted by Gasteiger charge is 2.25. The maximum atomic E-state index is 12.4. The summed E-state index contributed by atoms with van der Waals surface area (Å²) in [6.45, 7) is 3.70. The quantitative estimate of drug-likeness (QED) is 0.875. The lowest BCUT2D eigenvalue weighted by molar-refractivity contribution is 0.0677. The smallest absolute Gasteiger partial charge is 0.265 e. The average Bonchev–Trinajstić information content (AvgIpc) is 3.01. The summed E-state index contributed by atoms with van der Waals surface area (Å²) in [4.78, 5) is 23.7. The average molecular weight is 301 g/mol. The van der Waals surface area contributed by atoms with E-state index < -0.39 is 0 Å². The van der Waals surface area contributed by atoms with Gasteiger partial charge in [0.15, 0.2) is 0 Å². The number of likely N-dealkylation sites (tertiary alicyclic amines) is 1. The summed E-state index contributed by atoms with van der Waals surface area (Å²) in [6, 6.07) is 6.15. The number of carbonyl (C=O) groups excluding carboxylic acids is 1. The number of aryl methyl sites for hydroxylation is 1. The van der Waals surface area contributed by atoms with E-state index in [-0.39, 0.29) is 5.91 Å². The van der Waals surface area contributed by atoms with E-state index in [4.69, 9.17) is 0 Å². The van der Waals surface area contributed by atoms with Gasteiger partial charge in [0.25, 0.3) is 5.91 Å². The second kappa shape index (κ2) is 6.35. The van der Waals surface area contributed by atoms with Crippen LogP contribution in [-0.4, -0.2) is 33.9 Å². The van der Waals surface area contributed by atoms with E-state index in [1.54, 1.807) is 11.7 Å². The Labute approximate surface area is 128 Å². The predicted molar refractivity (Wildman–Crippen MR) is 83.4 cm³/mol. The van der Waals surface area contributed by atoms with Crippen molar-refractivity contribution in [3.05, 3.63) is 46.2 Å². The van der Waals surface area contributed by atoms with Gasteiger partial charge in [0.1, 0.15) is 4.88 Å². The van der Waals surface area contributed by atoms with Gasteiger partial charge in [-0.1, -0.05) is 6.07 Å². The first kappa shape index (κ1) is 14.2. The number of rotatable bonds is 3. The van der Waals surface area contributed by atoms with E-state index in [1.165, 1.54) is 17.8 Å². The summed E-state index contributed by atoms with van der Waals surface area (Å²) in [6.07, 6.45) is 4.86. The first-order chi connectivity index (χ1) is 10.2. The summed E-state index contributed by atoms with van der Waals surface area (Å²) in [7, 11) is 0. The van der Waals surface area contributed by atoms with Gasteiger partial charge in [-0.25, -0.2) is 0 Å². The van der Waals surface area contributed by atoms with E-state index in [2.05, 4.69) is 22.1 Å². The van der Waals surface area contributed by atoms with Crippen molar-refractivity contribution in [1.82, 2.24) is 14.9 Å². The molecule has 1 atom stereocenters. The largest absolute Gasteiger partial charge is 0.338 e. The summed E-state index contributed by atoms with van der Waals surface area (Å²) in [5.74, 6) is 0.629. The number of carbonyl (C=O) groups is 1. The third kappa shape index (κ3) is 3.47. The molecule has 2 aromatic rings. The van der Waals surface area contributed by atoms with Gasteiger partial charge >= 0.3 is 0 Å². The first-order valence-electron chi connectivity index (χ1n) is 7.32. The van der Waals surface area contributed by atoms with Gasteiger partial charge in [-0.05, 0) is 44.2 Å². The van der Waals surface area contributed by atoms with E-state index in [0.717, 1.165) is 42.2 Å². The van der Waals surface area contributed by atoms with Gasteiger partial charge in [-0.15, -0.1) is 11.3 Å². The van der Waals surface area contributed by atoms with Crippen molar-refractivity contribution in [2.75, 3.05) is 13.1 Å². The Hall–Kier alpha value is -1.75. The molecule has 1 fully saturated rings. The molecular weight excluding hydrogens is 282 g/mol. The molecule has 0 aromatic carbocycles. The number of aromatic nitrogens is 2. The van der Waals surface area contributed by atoms with Crippen LogP contribution in [0.1, 0.15) is 33.9 Å². The number of thiazole rings is 1. The van der Waals surface area contributed by atoms with Gasteiger partial charge in [0.2, 0.25) is 0 Å². The molecular formula is C16H19N3OS. The summed E-state index contributed by atoms with van der Waals surface area (Å²) < 4.78 is 0. The molecule has 0 unspecified atom stereocenters. The highest BCUT2D eigenvalue weighted by Crippen LogP contribution is 2.22. The molecule has 2 aromatic heterocycles. The van der Waals surface area contributed by atoms with Crippen molar-refractivity contribution in [3.8, 4) is 0 Å². The third-order valence-corrected chi connectivity index (χ3v) is 4.65. The predicted octanol–water partition coefficient (Wildman–Crippen LogP) is 2.94.